The van der Waals surface area contributed by atoms with Gasteiger partial charge in [-0.3, -0.25) is 0 Å². The number of nitrogens with zero attached hydrogens (tertiary/aromatic N) is 2. The highest BCUT2D eigenvalue weighted by molar-refractivity contribution is 7.15. The van der Waals surface area contributed by atoms with Crippen LogP contribution in [-0.2, 0) is 17.7 Å². The number of piperidine rings is 1. The lowest BCUT2D eigenvalue weighted by atomic mass is 10.0. The maximum Gasteiger partial charge on any atom is 0.185 e. The van der Waals surface area contributed by atoms with Crippen molar-refractivity contribution in [2.24, 2.45) is 5.92 Å². The third-order valence-electron chi connectivity index (χ3n) is 3.80. The number of methoxy groups -OCH3 is 1. The van der Waals surface area contributed by atoms with Crippen molar-refractivity contribution >= 4 is 16.5 Å². The lowest BCUT2D eigenvalue weighted by molar-refractivity contribution is 0.199. The predicted octanol–water partition coefficient (Wildman–Crippen LogP) is 2.68. The van der Waals surface area contributed by atoms with E-state index < -0.39 is 0 Å². The van der Waals surface area contributed by atoms with Crippen LogP contribution in [0.15, 0.2) is 0 Å². The first-order valence-electron chi connectivity index (χ1n) is 7.67. The number of hydrogen-bond donors (Lipinski definition) is 1. The molecule has 1 N–H and O–H groups in total. The van der Waals surface area contributed by atoms with E-state index in [-0.39, 0.29) is 0 Å². The van der Waals surface area contributed by atoms with Gasteiger partial charge in [-0.1, -0.05) is 13.8 Å². The molecule has 1 saturated heterocycles. The van der Waals surface area contributed by atoms with Gasteiger partial charge in [0.25, 0.3) is 0 Å². The van der Waals surface area contributed by atoms with E-state index in [2.05, 4.69) is 24.1 Å². The molecule has 0 saturated carbocycles. The summed E-state index contributed by atoms with van der Waals surface area (Å²) < 4.78 is 5.07. The lowest BCUT2D eigenvalue weighted by Crippen LogP contribution is -2.34. The monoisotopic (exact) mass is 297 g/mol. The smallest absolute Gasteiger partial charge is 0.185 e. The highest BCUT2D eigenvalue weighted by Crippen LogP contribution is 2.30. The maximum atomic E-state index is 5.07. The summed E-state index contributed by atoms with van der Waals surface area (Å²) in [4.78, 5) is 8.71. The molecule has 0 spiro atoms. The molecule has 1 aromatic heterocycles. The Morgan fingerprint density at radius 1 is 1.50 bits per heavy atom. The number of thiazole rings is 1. The Kier molecular flexibility index (Phi) is 6.26. The van der Waals surface area contributed by atoms with Crippen molar-refractivity contribution in [3.8, 4) is 0 Å². The first kappa shape index (κ1) is 15.7. The van der Waals surface area contributed by atoms with Gasteiger partial charge in [-0.2, -0.15) is 0 Å². The molecule has 0 amide bonds. The van der Waals surface area contributed by atoms with Crippen molar-refractivity contribution in [2.75, 3.05) is 38.3 Å². The zero-order chi connectivity index (χ0) is 14.4. The molecule has 1 aliphatic heterocycles. The van der Waals surface area contributed by atoms with Crippen LogP contribution in [0.5, 0.6) is 0 Å². The topological polar surface area (TPSA) is 37.4 Å². The van der Waals surface area contributed by atoms with Crippen molar-refractivity contribution in [2.45, 2.75) is 39.7 Å². The van der Waals surface area contributed by atoms with Crippen LogP contribution in [0.3, 0.4) is 0 Å². The summed E-state index contributed by atoms with van der Waals surface area (Å²) in [5.41, 5.74) is 1.26. The van der Waals surface area contributed by atoms with E-state index in [1.165, 1.54) is 28.5 Å². The number of aromatic nitrogens is 1. The van der Waals surface area contributed by atoms with Gasteiger partial charge in [0.1, 0.15) is 0 Å². The highest BCUT2D eigenvalue weighted by Gasteiger charge is 2.20. The summed E-state index contributed by atoms with van der Waals surface area (Å²) in [6.45, 7) is 9.42. The van der Waals surface area contributed by atoms with Gasteiger partial charge in [-0.15, -0.1) is 11.3 Å². The summed E-state index contributed by atoms with van der Waals surface area (Å²) in [6, 6.07) is 0. The summed E-state index contributed by atoms with van der Waals surface area (Å²) >= 11 is 1.86. The molecule has 0 radical (unpaired) electrons. The van der Waals surface area contributed by atoms with E-state index in [1.54, 1.807) is 7.11 Å². The Morgan fingerprint density at radius 2 is 2.35 bits per heavy atom. The van der Waals surface area contributed by atoms with Crippen LogP contribution < -0.4 is 10.2 Å². The number of anilines is 1. The number of hydrogen-bond acceptors (Lipinski definition) is 5. The average Bonchev–Trinajstić information content (AvgIpc) is 2.87. The Labute approximate surface area is 126 Å². The Morgan fingerprint density at radius 3 is 3.05 bits per heavy atom. The molecule has 2 heterocycles. The van der Waals surface area contributed by atoms with Crippen LogP contribution in [0.25, 0.3) is 0 Å². The molecular formula is C15H27N3OS. The number of nitrogens with one attached hydrogen (secondary N) is 1. The highest BCUT2D eigenvalue weighted by atomic mass is 32.1. The molecule has 1 atom stereocenters. The number of ether oxygens (including phenoxy) is 1. The first-order valence-corrected chi connectivity index (χ1v) is 8.49. The fraction of sp³-hybridized carbons (Fsp3) is 0.800. The van der Waals surface area contributed by atoms with E-state index in [4.69, 9.17) is 9.72 Å². The maximum absolute atomic E-state index is 5.07. The Hall–Kier alpha value is -0.650. The van der Waals surface area contributed by atoms with Crippen molar-refractivity contribution in [3.05, 3.63) is 10.6 Å². The summed E-state index contributed by atoms with van der Waals surface area (Å²) in [7, 11) is 1.74. The van der Waals surface area contributed by atoms with Crippen molar-refractivity contribution in [1.29, 1.82) is 0 Å². The second-order valence-electron chi connectivity index (χ2n) is 5.58. The second kappa shape index (κ2) is 7.96. The average molecular weight is 297 g/mol. The molecule has 0 aliphatic carbocycles. The minimum atomic E-state index is 0.761. The fourth-order valence-corrected chi connectivity index (χ4v) is 3.81. The van der Waals surface area contributed by atoms with Crippen LogP contribution in [0.4, 0.5) is 5.13 Å². The molecule has 2 rings (SSSR count). The van der Waals surface area contributed by atoms with Crippen molar-refractivity contribution in [1.82, 2.24) is 10.3 Å². The number of aryl methyl sites for hydroxylation is 1. The summed E-state index contributed by atoms with van der Waals surface area (Å²) in [5, 5.41) is 4.65. The Balaban J connectivity index is 1.98. The largest absolute Gasteiger partial charge is 0.383 e. The van der Waals surface area contributed by atoms with E-state index in [0.29, 0.717) is 0 Å². The molecule has 1 aliphatic rings. The van der Waals surface area contributed by atoms with Crippen LogP contribution in [-0.4, -0.2) is 38.3 Å². The molecule has 114 valence electrons. The minimum Gasteiger partial charge on any atom is -0.383 e. The van der Waals surface area contributed by atoms with Crippen molar-refractivity contribution in [3.63, 3.8) is 0 Å². The normalized spacial score (nSPS) is 19.6. The lowest BCUT2D eigenvalue weighted by Gasteiger charge is -2.30. The fourth-order valence-electron chi connectivity index (χ4n) is 2.66. The minimum absolute atomic E-state index is 0.761. The second-order valence-corrected chi connectivity index (χ2v) is 6.64. The van der Waals surface area contributed by atoms with E-state index >= 15 is 0 Å². The van der Waals surface area contributed by atoms with Gasteiger partial charge >= 0.3 is 0 Å². The van der Waals surface area contributed by atoms with Crippen LogP contribution in [0, 0.1) is 5.92 Å². The van der Waals surface area contributed by atoms with Gasteiger partial charge in [0.2, 0.25) is 0 Å². The van der Waals surface area contributed by atoms with Gasteiger partial charge in [0, 0.05) is 38.2 Å². The third-order valence-corrected chi connectivity index (χ3v) is 4.96. The quantitative estimate of drug-likeness (QED) is 0.785. The van der Waals surface area contributed by atoms with Gasteiger partial charge in [-0.05, 0) is 25.2 Å². The molecule has 0 aromatic carbocycles. The SMILES string of the molecule is CCc1nc(N2CCCC(C)C2)sc1CNCCOC. The first-order chi connectivity index (χ1) is 9.74. The van der Waals surface area contributed by atoms with Gasteiger partial charge in [0.15, 0.2) is 5.13 Å². The van der Waals surface area contributed by atoms with Crippen LogP contribution >= 0.6 is 11.3 Å². The third kappa shape index (κ3) is 4.17. The van der Waals surface area contributed by atoms with Gasteiger partial charge in [0.05, 0.1) is 12.3 Å². The van der Waals surface area contributed by atoms with E-state index in [9.17, 15) is 0 Å². The van der Waals surface area contributed by atoms with Crippen LogP contribution in [0.2, 0.25) is 0 Å². The van der Waals surface area contributed by atoms with Crippen molar-refractivity contribution < 1.29 is 4.74 Å². The van der Waals surface area contributed by atoms with Gasteiger partial charge in [-0.25, -0.2) is 4.98 Å². The standard InChI is InChI=1S/C15H27N3OS/c1-4-13-14(10-16-7-9-19-3)20-15(17-13)18-8-5-6-12(2)11-18/h12,16H,4-11H2,1-3H3. The summed E-state index contributed by atoms with van der Waals surface area (Å²) in [5.74, 6) is 0.793. The van der Waals surface area contributed by atoms with E-state index in [1.807, 2.05) is 11.3 Å². The molecular weight excluding hydrogens is 270 g/mol. The molecule has 1 aromatic rings. The van der Waals surface area contributed by atoms with E-state index in [0.717, 1.165) is 45.1 Å². The molecule has 5 heteroatoms. The molecule has 0 bridgehead atoms. The van der Waals surface area contributed by atoms with Gasteiger partial charge < -0.3 is 15.0 Å². The predicted molar refractivity (Wildman–Crippen MR) is 85.7 cm³/mol. The molecule has 1 fully saturated rings. The zero-order valence-electron chi connectivity index (χ0n) is 12.9. The zero-order valence-corrected chi connectivity index (χ0v) is 13.8. The van der Waals surface area contributed by atoms with Crippen LogP contribution in [0.1, 0.15) is 37.3 Å². The Bertz CT molecular complexity index is 408. The molecule has 20 heavy (non-hydrogen) atoms. The summed E-state index contributed by atoms with van der Waals surface area (Å²) in [6.07, 6.45) is 3.67. The molecule has 4 nitrogen and oxygen atoms in total. The molecule has 1 unspecified atom stereocenters. The number of rotatable bonds is 7.